The van der Waals surface area contributed by atoms with E-state index in [2.05, 4.69) is 6.92 Å². The van der Waals surface area contributed by atoms with Crippen LogP contribution in [0.5, 0.6) is 0 Å². The second-order valence-corrected chi connectivity index (χ2v) is 5.71. The Morgan fingerprint density at radius 3 is 3.00 bits per heavy atom. The molecule has 1 amide bonds. The second-order valence-electron chi connectivity index (χ2n) is 5.71. The minimum absolute atomic E-state index is 0.0410. The molecule has 1 aromatic carbocycles. The van der Waals surface area contributed by atoms with Crippen molar-refractivity contribution >= 4 is 11.6 Å². The van der Waals surface area contributed by atoms with Crippen molar-refractivity contribution in [1.29, 1.82) is 0 Å². The van der Waals surface area contributed by atoms with Gasteiger partial charge in [0.1, 0.15) is 5.82 Å². The van der Waals surface area contributed by atoms with Gasteiger partial charge in [-0.25, -0.2) is 4.39 Å². The number of aliphatic hydroxyl groups excluding tert-OH is 1. The highest BCUT2D eigenvalue weighted by Gasteiger charge is 2.22. The molecule has 1 aromatic rings. The molecule has 0 aromatic heterocycles. The number of likely N-dealkylation sites (tertiary alicyclic amines) is 1. The van der Waals surface area contributed by atoms with E-state index in [0.29, 0.717) is 18.2 Å². The van der Waals surface area contributed by atoms with Gasteiger partial charge in [0, 0.05) is 25.3 Å². The fourth-order valence-electron chi connectivity index (χ4n) is 2.77. The van der Waals surface area contributed by atoms with Gasteiger partial charge in [-0.15, -0.1) is 0 Å². The van der Waals surface area contributed by atoms with E-state index in [1.807, 2.05) is 4.90 Å². The summed E-state index contributed by atoms with van der Waals surface area (Å²) in [7, 11) is 0. The number of nitrogens with zero attached hydrogens (tertiary/aromatic N) is 2. The van der Waals surface area contributed by atoms with Crippen LogP contribution in [-0.4, -0.2) is 48.7 Å². The third-order valence-corrected chi connectivity index (χ3v) is 3.88. The highest BCUT2D eigenvalue weighted by Crippen LogP contribution is 2.18. The number of piperidine rings is 1. The maximum Gasteiger partial charge on any atom is 0.242 e. The molecular formula is C16H23FN2O2. The summed E-state index contributed by atoms with van der Waals surface area (Å²) in [6.45, 7) is 4.15. The molecule has 1 fully saturated rings. The van der Waals surface area contributed by atoms with Gasteiger partial charge in [0.05, 0.1) is 13.2 Å². The van der Waals surface area contributed by atoms with Crippen molar-refractivity contribution in [2.24, 2.45) is 5.92 Å². The zero-order valence-electron chi connectivity index (χ0n) is 12.5. The van der Waals surface area contributed by atoms with Crippen LogP contribution in [0.1, 0.15) is 19.8 Å². The lowest BCUT2D eigenvalue weighted by molar-refractivity contribution is -0.131. The summed E-state index contributed by atoms with van der Waals surface area (Å²) in [6, 6.07) is 6.13. The zero-order chi connectivity index (χ0) is 15.2. The fraction of sp³-hybridized carbons (Fsp3) is 0.562. The van der Waals surface area contributed by atoms with Crippen molar-refractivity contribution in [2.75, 3.05) is 37.7 Å². The number of rotatable bonds is 5. The van der Waals surface area contributed by atoms with E-state index in [9.17, 15) is 14.3 Å². The minimum Gasteiger partial charge on any atom is -0.395 e. The predicted octanol–water partition coefficient (Wildman–Crippen LogP) is 1.88. The molecule has 1 N–H and O–H groups in total. The van der Waals surface area contributed by atoms with Crippen LogP contribution in [0.3, 0.4) is 0 Å². The second kappa shape index (κ2) is 7.41. The summed E-state index contributed by atoms with van der Waals surface area (Å²) in [6.07, 6.45) is 2.20. The third kappa shape index (κ3) is 4.43. The normalized spacial score (nSPS) is 18.6. The SMILES string of the molecule is CC1CCCN(C(=O)CN(CCO)c2cccc(F)c2)C1. The first-order valence-electron chi connectivity index (χ1n) is 7.49. The molecule has 1 aliphatic heterocycles. The van der Waals surface area contributed by atoms with Crippen LogP contribution in [0.4, 0.5) is 10.1 Å². The Morgan fingerprint density at radius 2 is 2.33 bits per heavy atom. The van der Waals surface area contributed by atoms with Crippen LogP contribution in [-0.2, 0) is 4.79 Å². The standard InChI is InChI=1S/C16H23FN2O2/c1-13-4-3-7-19(11-13)16(21)12-18(8-9-20)15-6-2-5-14(17)10-15/h2,5-6,10,13,20H,3-4,7-9,11-12H2,1H3. The third-order valence-electron chi connectivity index (χ3n) is 3.88. The van der Waals surface area contributed by atoms with Crippen molar-refractivity contribution in [3.05, 3.63) is 30.1 Å². The van der Waals surface area contributed by atoms with Gasteiger partial charge >= 0.3 is 0 Å². The van der Waals surface area contributed by atoms with Gasteiger partial charge in [-0.05, 0) is 37.0 Å². The van der Waals surface area contributed by atoms with Crippen molar-refractivity contribution < 1.29 is 14.3 Å². The highest BCUT2D eigenvalue weighted by molar-refractivity contribution is 5.81. The number of anilines is 1. The number of hydrogen-bond donors (Lipinski definition) is 1. The van der Waals surface area contributed by atoms with Gasteiger partial charge in [0.2, 0.25) is 5.91 Å². The van der Waals surface area contributed by atoms with Crippen molar-refractivity contribution in [1.82, 2.24) is 4.90 Å². The Balaban J connectivity index is 2.03. The number of amides is 1. The van der Waals surface area contributed by atoms with Crippen molar-refractivity contribution in [3.8, 4) is 0 Å². The van der Waals surface area contributed by atoms with Crippen molar-refractivity contribution in [2.45, 2.75) is 19.8 Å². The van der Waals surface area contributed by atoms with E-state index in [1.165, 1.54) is 12.1 Å². The molecule has 116 valence electrons. The summed E-state index contributed by atoms with van der Waals surface area (Å²) in [5.41, 5.74) is 0.627. The topological polar surface area (TPSA) is 43.8 Å². The molecule has 1 unspecified atom stereocenters. The molecule has 4 nitrogen and oxygen atoms in total. The molecular weight excluding hydrogens is 271 g/mol. The smallest absolute Gasteiger partial charge is 0.242 e. The van der Waals surface area contributed by atoms with Crippen LogP contribution in [0.2, 0.25) is 0 Å². The van der Waals surface area contributed by atoms with E-state index in [1.54, 1.807) is 17.0 Å². The Labute approximate surface area is 125 Å². The molecule has 1 atom stereocenters. The summed E-state index contributed by atoms with van der Waals surface area (Å²) in [4.78, 5) is 16.0. The van der Waals surface area contributed by atoms with E-state index in [-0.39, 0.29) is 24.9 Å². The first-order chi connectivity index (χ1) is 10.1. The maximum absolute atomic E-state index is 13.3. The molecule has 1 saturated heterocycles. The number of hydrogen-bond acceptors (Lipinski definition) is 3. The van der Waals surface area contributed by atoms with E-state index in [4.69, 9.17) is 0 Å². The van der Waals surface area contributed by atoms with Gasteiger partial charge < -0.3 is 14.9 Å². The molecule has 5 heteroatoms. The molecule has 1 aliphatic rings. The lowest BCUT2D eigenvalue weighted by atomic mass is 10.0. The van der Waals surface area contributed by atoms with E-state index >= 15 is 0 Å². The van der Waals surface area contributed by atoms with Gasteiger partial charge in [-0.3, -0.25) is 4.79 Å². The highest BCUT2D eigenvalue weighted by atomic mass is 19.1. The van der Waals surface area contributed by atoms with Crippen LogP contribution < -0.4 is 4.90 Å². The molecule has 0 aliphatic carbocycles. The molecule has 21 heavy (non-hydrogen) atoms. The molecule has 0 bridgehead atoms. The Hall–Kier alpha value is -1.62. The average Bonchev–Trinajstić information content (AvgIpc) is 2.46. The number of halogens is 1. The number of aliphatic hydroxyl groups is 1. The summed E-state index contributed by atoms with van der Waals surface area (Å²) < 4.78 is 13.3. The Bertz CT molecular complexity index is 481. The lowest BCUT2D eigenvalue weighted by Crippen LogP contribution is -2.45. The monoisotopic (exact) mass is 294 g/mol. The molecule has 2 rings (SSSR count). The predicted molar refractivity (Wildman–Crippen MR) is 80.7 cm³/mol. The quantitative estimate of drug-likeness (QED) is 0.902. The summed E-state index contributed by atoms with van der Waals surface area (Å²) >= 11 is 0. The largest absolute Gasteiger partial charge is 0.395 e. The molecule has 1 heterocycles. The van der Waals surface area contributed by atoms with Crippen molar-refractivity contribution in [3.63, 3.8) is 0 Å². The van der Waals surface area contributed by atoms with Gasteiger partial charge in [0.15, 0.2) is 0 Å². The van der Waals surface area contributed by atoms with Crippen LogP contribution in [0, 0.1) is 11.7 Å². The van der Waals surface area contributed by atoms with Crippen LogP contribution in [0.15, 0.2) is 24.3 Å². The van der Waals surface area contributed by atoms with Crippen LogP contribution >= 0.6 is 0 Å². The zero-order valence-corrected chi connectivity index (χ0v) is 12.5. The van der Waals surface area contributed by atoms with Gasteiger partial charge in [-0.2, -0.15) is 0 Å². The molecule has 0 saturated carbocycles. The number of carbonyl (C=O) groups excluding carboxylic acids is 1. The van der Waals surface area contributed by atoms with Gasteiger partial charge in [0.25, 0.3) is 0 Å². The molecule has 0 spiro atoms. The first kappa shape index (κ1) is 15.8. The lowest BCUT2D eigenvalue weighted by Gasteiger charge is -2.33. The van der Waals surface area contributed by atoms with E-state index in [0.717, 1.165) is 25.9 Å². The number of carbonyl (C=O) groups is 1. The number of benzene rings is 1. The maximum atomic E-state index is 13.3. The summed E-state index contributed by atoms with van der Waals surface area (Å²) in [5.74, 6) is 0.233. The van der Waals surface area contributed by atoms with Gasteiger partial charge in [-0.1, -0.05) is 13.0 Å². The average molecular weight is 294 g/mol. The summed E-state index contributed by atoms with van der Waals surface area (Å²) in [5, 5.41) is 9.17. The minimum atomic E-state index is -0.338. The van der Waals surface area contributed by atoms with Crippen LogP contribution in [0.25, 0.3) is 0 Å². The Morgan fingerprint density at radius 1 is 1.52 bits per heavy atom. The Kier molecular flexibility index (Phi) is 5.56. The fourth-order valence-corrected chi connectivity index (χ4v) is 2.77. The first-order valence-corrected chi connectivity index (χ1v) is 7.49. The molecule has 0 radical (unpaired) electrons. The van der Waals surface area contributed by atoms with E-state index < -0.39 is 0 Å².